The maximum Gasteiger partial charge on any atom is 0.214 e. The van der Waals surface area contributed by atoms with Crippen LogP contribution in [0.3, 0.4) is 0 Å². The third kappa shape index (κ3) is 3.10. The molecule has 0 saturated heterocycles. The Balaban J connectivity index is 1.77. The number of aromatic nitrogens is 4. The maximum absolute atomic E-state index is 12.1. The summed E-state index contributed by atoms with van der Waals surface area (Å²) in [5.41, 5.74) is 3.30. The largest absolute Gasteiger partial charge is 0.292 e. The van der Waals surface area contributed by atoms with Crippen LogP contribution in [0.25, 0.3) is 5.69 Å². The fourth-order valence-electron chi connectivity index (χ4n) is 1.93. The second-order valence-electron chi connectivity index (χ2n) is 4.83. The van der Waals surface area contributed by atoms with Gasteiger partial charge < -0.3 is 0 Å². The number of nitrogens with zero attached hydrogens (tertiary/aromatic N) is 4. The van der Waals surface area contributed by atoms with Gasteiger partial charge in [0.25, 0.3) is 0 Å². The quantitative estimate of drug-likeness (QED) is 0.530. The van der Waals surface area contributed by atoms with Crippen LogP contribution in [0.2, 0.25) is 0 Å². The zero-order valence-corrected chi connectivity index (χ0v) is 13.8. The molecule has 112 valence electrons. The molecule has 0 atom stereocenters. The summed E-state index contributed by atoms with van der Waals surface area (Å²) in [6.07, 6.45) is 0. The molecule has 0 fully saturated rings. The minimum Gasteiger partial charge on any atom is -0.292 e. The van der Waals surface area contributed by atoms with E-state index in [1.165, 1.54) is 34.2 Å². The molecule has 0 radical (unpaired) electrons. The molecule has 0 saturated carbocycles. The normalized spacial score (nSPS) is 10.8. The Morgan fingerprint density at radius 3 is 2.86 bits per heavy atom. The minimum absolute atomic E-state index is 0.0923. The van der Waals surface area contributed by atoms with Gasteiger partial charge in [0.1, 0.15) is 0 Å². The summed E-state index contributed by atoms with van der Waals surface area (Å²) in [6.45, 7) is 4.12. The molecule has 2 heterocycles. The van der Waals surface area contributed by atoms with Gasteiger partial charge in [-0.15, -0.1) is 16.4 Å². The monoisotopic (exact) mass is 330 g/mol. The third-order valence-electron chi connectivity index (χ3n) is 3.30. The summed E-state index contributed by atoms with van der Waals surface area (Å²) in [4.78, 5) is 12.8. The summed E-state index contributed by atoms with van der Waals surface area (Å²) in [5, 5.41) is 14.3. The number of carbonyl (C=O) groups excluding carboxylic acids is 1. The van der Waals surface area contributed by atoms with Gasteiger partial charge in [-0.3, -0.25) is 4.79 Å². The number of benzene rings is 1. The molecule has 3 rings (SSSR count). The van der Waals surface area contributed by atoms with Crippen molar-refractivity contribution in [3.63, 3.8) is 0 Å². The average molecular weight is 330 g/mol. The molecule has 5 nitrogen and oxygen atoms in total. The van der Waals surface area contributed by atoms with Crippen molar-refractivity contribution in [2.75, 3.05) is 5.75 Å². The smallest absolute Gasteiger partial charge is 0.214 e. The fourth-order valence-corrected chi connectivity index (χ4v) is 3.46. The van der Waals surface area contributed by atoms with E-state index in [0.29, 0.717) is 10.9 Å². The van der Waals surface area contributed by atoms with E-state index in [9.17, 15) is 4.79 Å². The summed E-state index contributed by atoms with van der Waals surface area (Å²) < 4.78 is 1.67. The van der Waals surface area contributed by atoms with E-state index >= 15 is 0 Å². The lowest BCUT2D eigenvalue weighted by atomic mass is 10.1. The highest BCUT2D eigenvalue weighted by Gasteiger charge is 2.13. The van der Waals surface area contributed by atoms with Gasteiger partial charge in [-0.05, 0) is 59.0 Å². The van der Waals surface area contributed by atoms with Crippen LogP contribution in [0.4, 0.5) is 0 Å². The van der Waals surface area contributed by atoms with Crippen LogP contribution in [0, 0.1) is 13.8 Å². The van der Waals surface area contributed by atoms with Crippen LogP contribution in [0.1, 0.15) is 20.8 Å². The number of carbonyl (C=O) groups is 1. The third-order valence-corrected chi connectivity index (χ3v) is 5.13. The molecular weight excluding hydrogens is 316 g/mol. The van der Waals surface area contributed by atoms with E-state index in [4.69, 9.17) is 0 Å². The number of ketones is 1. The van der Waals surface area contributed by atoms with E-state index in [-0.39, 0.29) is 5.78 Å². The molecule has 0 N–H and O–H groups in total. The summed E-state index contributed by atoms with van der Waals surface area (Å²) in [5.74, 6) is 0.417. The van der Waals surface area contributed by atoms with Gasteiger partial charge >= 0.3 is 0 Å². The van der Waals surface area contributed by atoms with Crippen LogP contribution < -0.4 is 0 Å². The summed E-state index contributed by atoms with van der Waals surface area (Å²) in [6, 6.07) is 9.76. The number of tetrazole rings is 1. The number of hydrogen-bond donors (Lipinski definition) is 0. The van der Waals surface area contributed by atoms with Gasteiger partial charge in [0.05, 0.1) is 16.3 Å². The van der Waals surface area contributed by atoms with Gasteiger partial charge in [0.2, 0.25) is 5.16 Å². The summed E-state index contributed by atoms with van der Waals surface area (Å²) >= 11 is 2.80. The van der Waals surface area contributed by atoms with E-state index in [0.717, 1.165) is 10.6 Å². The Hall–Kier alpha value is -1.99. The minimum atomic E-state index is 0.0923. The van der Waals surface area contributed by atoms with Crippen molar-refractivity contribution in [2.45, 2.75) is 19.0 Å². The Morgan fingerprint density at radius 2 is 2.14 bits per heavy atom. The number of Topliss-reactive ketones (excluding diaryl/α,β-unsaturated/α-hetero) is 1. The molecule has 0 aliphatic carbocycles. The number of aryl methyl sites for hydroxylation is 2. The molecule has 2 aromatic heterocycles. The van der Waals surface area contributed by atoms with Crippen molar-refractivity contribution in [1.82, 2.24) is 20.2 Å². The molecule has 1 aromatic carbocycles. The molecule has 0 unspecified atom stereocenters. The standard InChI is InChI=1S/C15H14N4OS2/c1-10-5-6-12(8-11(10)2)19-15(16-17-18-19)22-9-13(20)14-4-3-7-21-14/h3-8H,9H2,1-2H3. The maximum atomic E-state index is 12.1. The van der Waals surface area contributed by atoms with Gasteiger partial charge in [-0.2, -0.15) is 4.68 Å². The molecule has 7 heteroatoms. The van der Waals surface area contributed by atoms with Gasteiger partial charge in [-0.25, -0.2) is 0 Å². The zero-order valence-electron chi connectivity index (χ0n) is 12.2. The van der Waals surface area contributed by atoms with Crippen LogP contribution in [0.5, 0.6) is 0 Å². The van der Waals surface area contributed by atoms with Crippen molar-refractivity contribution in [1.29, 1.82) is 0 Å². The number of hydrogen-bond acceptors (Lipinski definition) is 6. The number of thiophene rings is 1. The van der Waals surface area contributed by atoms with Gasteiger partial charge in [0.15, 0.2) is 5.78 Å². The van der Waals surface area contributed by atoms with Crippen molar-refractivity contribution in [3.8, 4) is 5.69 Å². The van der Waals surface area contributed by atoms with E-state index in [2.05, 4.69) is 29.4 Å². The number of thioether (sulfide) groups is 1. The fraction of sp³-hybridized carbons (Fsp3) is 0.200. The molecule has 3 aromatic rings. The number of rotatable bonds is 5. The Kier molecular flexibility index (Phi) is 4.35. The molecule has 0 bridgehead atoms. The predicted octanol–water partition coefficient (Wildman–Crippen LogP) is 3.32. The lowest BCUT2D eigenvalue weighted by molar-refractivity contribution is 0.102. The van der Waals surface area contributed by atoms with Crippen LogP contribution in [-0.2, 0) is 0 Å². The molecule has 0 aliphatic heterocycles. The van der Waals surface area contributed by atoms with Crippen molar-refractivity contribution >= 4 is 28.9 Å². The second kappa shape index (κ2) is 6.41. The first-order valence-corrected chi connectivity index (χ1v) is 8.57. The lowest BCUT2D eigenvalue weighted by Crippen LogP contribution is -2.04. The summed E-state index contributed by atoms with van der Waals surface area (Å²) in [7, 11) is 0. The lowest BCUT2D eigenvalue weighted by Gasteiger charge is -2.06. The SMILES string of the molecule is Cc1ccc(-n2nnnc2SCC(=O)c2cccs2)cc1C. The first kappa shape index (κ1) is 14.9. The molecule has 0 spiro atoms. The van der Waals surface area contributed by atoms with E-state index < -0.39 is 0 Å². The Labute approximate surface area is 136 Å². The van der Waals surface area contributed by atoms with Crippen LogP contribution in [0.15, 0.2) is 40.9 Å². The van der Waals surface area contributed by atoms with Crippen molar-refractivity contribution < 1.29 is 4.79 Å². The highest BCUT2D eigenvalue weighted by Crippen LogP contribution is 2.22. The molecule has 22 heavy (non-hydrogen) atoms. The molecular formula is C15H14N4OS2. The van der Waals surface area contributed by atoms with Crippen molar-refractivity contribution in [3.05, 3.63) is 51.7 Å². The molecule has 0 aliphatic rings. The van der Waals surface area contributed by atoms with Gasteiger partial charge in [0, 0.05) is 0 Å². The van der Waals surface area contributed by atoms with Crippen LogP contribution in [-0.4, -0.2) is 31.7 Å². The van der Waals surface area contributed by atoms with E-state index in [1.54, 1.807) is 4.68 Å². The highest BCUT2D eigenvalue weighted by molar-refractivity contribution is 7.99. The topological polar surface area (TPSA) is 60.7 Å². The predicted molar refractivity (Wildman–Crippen MR) is 88.0 cm³/mol. The van der Waals surface area contributed by atoms with Crippen LogP contribution >= 0.6 is 23.1 Å². The first-order valence-electron chi connectivity index (χ1n) is 6.70. The second-order valence-corrected chi connectivity index (χ2v) is 6.72. The highest BCUT2D eigenvalue weighted by atomic mass is 32.2. The Morgan fingerprint density at radius 1 is 1.27 bits per heavy atom. The van der Waals surface area contributed by atoms with E-state index in [1.807, 2.05) is 35.7 Å². The van der Waals surface area contributed by atoms with Crippen molar-refractivity contribution in [2.24, 2.45) is 0 Å². The zero-order chi connectivity index (χ0) is 15.5. The van der Waals surface area contributed by atoms with Gasteiger partial charge in [-0.1, -0.05) is 23.9 Å². The first-order chi connectivity index (χ1) is 10.6. The Bertz CT molecular complexity index is 796. The average Bonchev–Trinajstić information content (AvgIpc) is 3.18. The molecule has 0 amide bonds.